The molecule has 2 nitrogen and oxygen atoms in total. The highest BCUT2D eigenvalue weighted by Gasteiger charge is 2.41. The maximum absolute atomic E-state index is 9.68. The molecule has 2 fully saturated rings. The SMILES string of the molecule is COC1CCC[C@@H]2[C@@H](O)CC[C@@H]12. The first-order chi connectivity index (χ1) is 5.83. The standard InChI is InChI=1S/C10H18O2/c1-12-10-4-2-3-7-8(10)5-6-9(7)11/h7-11H,2-6H2,1H3/t7-,8+,9-,10?/m0/s1. The van der Waals surface area contributed by atoms with Crippen molar-refractivity contribution in [3.63, 3.8) is 0 Å². The van der Waals surface area contributed by atoms with E-state index in [0.29, 0.717) is 17.9 Å². The van der Waals surface area contributed by atoms with Gasteiger partial charge in [0.15, 0.2) is 0 Å². The molecule has 0 aliphatic heterocycles. The van der Waals surface area contributed by atoms with Gasteiger partial charge in [-0.2, -0.15) is 0 Å². The maximum Gasteiger partial charge on any atom is 0.0603 e. The fourth-order valence-electron chi connectivity index (χ4n) is 3.01. The molecular formula is C10H18O2. The summed E-state index contributed by atoms with van der Waals surface area (Å²) in [6, 6.07) is 0. The molecule has 0 amide bonds. The Labute approximate surface area is 73.9 Å². The largest absolute Gasteiger partial charge is 0.393 e. The second-order valence-electron chi connectivity index (χ2n) is 4.18. The molecule has 12 heavy (non-hydrogen) atoms. The molecule has 0 saturated heterocycles. The van der Waals surface area contributed by atoms with Gasteiger partial charge in [0.2, 0.25) is 0 Å². The van der Waals surface area contributed by atoms with Gasteiger partial charge in [0.05, 0.1) is 12.2 Å². The lowest BCUT2D eigenvalue weighted by Gasteiger charge is -2.33. The zero-order chi connectivity index (χ0) is 8.55. The minimum Gasteiger partial charge on any atom is -0.393 e. The molecule has 2 aliphatic rings. The van der Waals surface area contributed by atoms with Crippen molar-refractivity contribution in [2.24, 2.45) is 11.8 Å². The van der Waals surface area contributed by atoms with Gasteiger partial charge in [0.25, 0.3) is 0 Å². The normalized spacial score (nSPS) is 47.5. The number of aliphatic hydroxyl groups is 1. The first-order valence-corrected chi connectivity index (χ1v) is 5.04. The number of fused-ring (bicyclic) bond motifs is 1. The molecule has 0 aromatic heterocycles. The molecule has 0 bridgehead atoms. The monoisotopic (exact) mass is 170 g/mol. The molecule has 2 aliphatic carbocycles. The van der Waals surface area contributed by atoms with Crippen LogP contribution in [0.1, 0.15) is 32.1 Å². The molecule has 2 saturated carbocycles. The predicted octanol–water partition coefficient (Wildman–Crippen LogP) is 1.57. The molecule has 0 aromatic carbocycles. The van der Waals surface area contributed by atoms with Gasteiger partial charge in [-0.15, -0.1) is 0 Å². The zero-order valence-corrected chi connectivity index (χ0v) is 7.70. The molecular weight excluding hydrogens is 152 g/mol. The van der Waals surface area contributed by atoms with E-state index in [0.717, 1.165) is 6.42 Å². The summed E-state index contributed by atoms with van der Waals surface area (Å²) in [7, 11) is 1.80. The van der Waals surface area contributed by atoms with Gasteiger partial charge < -0.3 is 9.84 Å². The minimum atomic E-state index is -0.0343. The minimum absolute atomic E-state index is 0.0343. The number of ether oxygens (including phenoxy) is 1. The second-order valence-corrected chi connectivity index (χ2v) is 4.18. The fraction of sp³-hybridized carbons (Fsp3) is 1.00. The van der Waals surface area contributed by atoms with Crippen molar-refractivity contribution >= 4 is 0 Å². The third-order valence-electron chi connectivity index (χ3n) is 3.65. The van der Waals surface area contributed by atoms with Crippen LogP contribution in [-0.2, 0) is 4.74 Å². The van der Waals surface area contributed by atoms with E-state index in [-0.39, 0.29) is 6.10 Å². The molecule has 0 radical (unpaired) electrons. The summed E-state index contributed by atoms with van der Waals surface area (Å²) in [6.45, 7) is 0. The maximum atomic E-state index is 9.68. The summed E-state index contributed by atoms with van der Waals surface area (Å²) in [5.41, 5.74) is 0. The van der Waals surface area contributed by atoms with E-state index in [1.807, 2.05) is 0 Å². The van der Waals surface area contributed by atoms with Crippen LogP contribution in [0.4, 0.5) is 0 Å². The van der Waals surface area contributed by atoms with Crippen LogP contribution in [0, 0.1) is 11.8 Å². The lowest BCUT2D eigenvalue weighted by atomic mass is 9.79. The highest BCUT2D eigenvalue weighted by molar-refractivity contribution is 4.92. The molecule has 4 atom stereocenters. The number of methoxy groups -OCH3 is 1. The summed E-state index contributed by atoms with van der Waals surface area (Å²) in [5, 5.41) is 9.68. The van der Waals surface area contributed by atoms with Crippen molar-refractivity contribution in [2.45, 2.75) is 44.3 Å². The molecule has 2 rings (SSSR count). The Morgan fingerprint density at radius 1 is 1.08 bits per heavy atom. The van der Waals surface area contributed by atoms with E-state index in [9.17, 15) is 5.11 Å². The van der Waals surface area contributed by atoms with Crippen molar-refractivity contribution in [1.29, 1.82) is 0 Å². The average Bonchev–Trinajstić information content (AvgIpc) is 2.48. The van der Waals surface area contributed by atoms with E-state index in [2.05, 4.69) is 0 Å². The van der Waals surface area contributed by atoms with Crippen molar-refractivity contribution in [3.8, 4) is 0 Å². The van der Waals surface area contributed by atoms with Crippen molar-refractivity contribution < 1.29 is 9.84 Å². The third kappa shape index (κ3) is 1.27. The van der Waals surface area contributed by atoms with Crippen LogP contribution in [0.25, 0.3) is 0 Å². The van der Waals surface area contributed by atoms with E-state index in [4.69, 9.17) is 4.74 Å². The zero-order valence-electron chi connectivity index (χ0n) is 7.70. The van der Waals surface area contributed by atoms with Gasteiger partial charge in [-0.3, -0.25) is 0 Å². The third-order valence-corrected chi connectivity index (χ3v) is 3.65. The fourth-order valence-corrected chi connectivity index (χ4v) is 3.01. The number of hydrogen-bond acceptors (Lipinski definition) is 2. The van der Waals surface area contributed by atoms with Crippen LogP contribution in [0.2, 0.25) is 0 Å². The molecule has 70 valence electrons. The van der Waals surface area contributed by atoms with Gasteiger partial charge in [-0.1, -0.05) is 6.42 Å². The van der Waals surface area contributed by atoms with Crippen LogP contribution in [0.15, 0.2) is 0 Å². The number of aliphatic hydroxyl groups excluding tert-OH is 1. The van der Waals surface area contributed by atoms with Gasteiger partial charge in [-0.25, -0.2) is 0 Å². The van der Waals surface area contributed by atoms with E-state index in [1.165, 1.54) is 25.7 Å². The Balaban J connectivity index is 2.04. The molecule has 0 aromatic rings. The Bertz CT molecular complexity index is 158. The van der Waals surface area contributed by atoms with Crippen LogP contribution < -0.4 is 0 Å². The van der Waals surface area contributed by atoms with Crippen LogP contribution in [0.3, 0.4) is 0 Å². The lowest BCUT2D eigenvalue weighted by Crippen LogP contribution is -2.33. The van der Waals surface area contributed by atoms with Crippen LogP contribution >= 0.6 is 0 Å². The van der Waals surface area contributed by atoms with E-state index in [1.54, 1.807) is 7.11 Å². The van der Waals surface area contributed by atoms with Crippen LogP contribution in [-0.4, -0.2) is 24.4 Å². The molecule has 0 heterocycles. The molecule has 1 unspecified atom stereocenters. The highest BCUT2D eigenvalue weighted by atomic mass is 16.5. The average molecular weight is 170 g/mol. The van der Waals surface area contributed by atoms with Crippen molar-refractivity contribution in [2.75, 3.05) is 7.11 Å². The lowest BCUT2D eigenvalue weighted by molar-refractivity contribution is -0.0143. The Morgan fingerprint density at radius 2 is 1.92 bits per heavy atom. The van der Waals surface area contributed by atoms with Gasteiger partial charge in [0, 0.05) is 7.11 Å². The van der Waals surface area contributed by atoms with Gasteiger partial charge >= 0.3 is 0 Å². The van der Waals surface area contributed by atoms with Gasteiger partial charge in [0.1, 0.15) is 0 Å². The summed E-state index contributed by atoms with van der Waals surface area (Å²) in [6.07, 6.45) is 6.21. The quantitative estimate of drug-likeness (QED) is 0.647. The van der Waals surface area contributed by atoms with E-state index >= 15 is 0 Å². The number of hydrogen-bond donors (Lipinski definition) is 1. The number of rotatable bonds is 1. The molecule has 2 heteroatoms. The summed E-state index contributed by atoms with van der Waals surface area (Å²) < 4.78 is 5.44. The second kappa shape index (κ2) is 3.35. The summed E-state index contributed by atoms with van der Waals surface area (Å²) >= 11 is 0. The van der Waals surface area contributed by atoms with Crippen molar-refractivity contribution in [1.82, 2.24) is 0 Å². The molecule has 0 spiro atoms. The van der Waals surface area contributed by atoms with E-state index < -0.39 is 0 Å². The van der Waals surface area contributed by atoms with Crippen molar-refractivity contribution in [3.05, 3.63) is 0 Å². The van der Waals surface area contributed by atoms with Crippen LogP contribution in [0.5, 0.6) is 0 Å². The smallest absolute Gasteiger partial charge is 0.0603 e. The predicted molar refractivity (Wildman–Crippen MR) is 46.9 cm³/mol. The topological polar surface area (TPSA) is 29.5 Å². The highest BCUT2D eigenvalue weighted by Crippen LogP contribution is 2.43. The summed E-state index contributed by atoms with van der Waals surface area (Å²) in [5.74, 6) is 1.20. The first-order valence-electron chi connectivity index (χ1n) is 5.04. The molecule has 1 N–H and O–H groups in total. The first kappa shape index (κ1) is 8.52. The summed E-state index contributed by atoms with van der Waals surface area (Å²) in [4.78, 5) is 0. The Hall–Kier alpha value is -0.0800. The van der Waals surface area contributed by atoms with Gasteiger partial charge in [-0.05, 0) is 37.5 Å². The Kier molecular flexibility index (Phi) is 2.37. The Morgan fingerprint density at radius 3 is 2.67 bits per heavy atom.